The lowest BCUT2D eigenvalue weighted by Crippen LogP contribution is -2.49. The molecule has 1 fully saturated rings. The molecule has 11 heteroatoms. The van der Waals surface area contributed by atoms with Crippen molar-refractivity contribution in [3.63, 3.8) is 0 Å². The maximum Gasteiger partial charge on any atom is 0.344 e. The third-order valence-corrected chi connectivity index (χ3v) is 7.19. The van der Waals surface area contributed by atoms with Gasteiger partial charge in [-0.15, -0.1) is 21.5 Å². The number of thioether (sulfide) groups is 1. The molecule has 1 saturated heterocycles. The van der Waals surface area contributed by atoms with Crippen LogP contribution in [0.4, 0.5) is 4.79 Å². The SMILES string of the molecule is CCn1c(SCC(=O)NN2C(=O)N[C@](C)(CCc3ccccc3)C2=O)nnc1-c1cccs1. The second-order valence-corrected chi connectivity index (χ2v) is 9.63. The van der Waals surface area contributed by atoms with Gasteiger partial charge in [0.05, 0.1) is 10.6 Å². The number of hydrogen-bond acceptors (Lipinski definition) is 7. The van der Waals surface area contributed by atoms with Crippen LogP contribution in [0.1, 0.15) is 25.8 Å². The lowest BCUT2D eigenvalue weighted by atomic mass is 9.93. The molecular weight excluding hydrogens is 460 g/mol. The van der Waals surface area contributed by atoms with Crippen molar-refractivity contribution in [3.8, 4) is 10.7 Å². The number of carbonyl (C=O) groups excluding carboxylic acids is 3. The molecule has 3 heterocycles. The normalized spacial score (nSPS) is 17.9. The third kappa shape index (κ3) is 4.93. The van der Waals surface area contributed by atoms with Crippen molar-refractivity contribution in [2.24, 2.45) is 0 Å². The molecule has 1 aliphatic rings. The van der Waals surface area contributed by atoms with E-state index in [4.69, 9.17) is 0 Å². The monoisotopic (exact) mass is 484 g/mol. The van der Waals surface area contributed by atoms with E-state index in [1.165, 1.54) is 11.8 Å². The number of carbonyl (C=O) groups is 3. The zero-order valence-corrected chi connectivity index (χ0v) is 19.9. The first-order chi connectivity index (χ1) is 15.9. The van der Waals surface area contributed by atoms with Gasteiger partial charge in [0.1, 0.15) is 5.54 Å². The van der Waals surface area contributed by atoms with Gasteiger partial charge < -0.3 is 9.88 Å². The summed E-state index contributed by atoms with van der Waals surface area (Å²) in [7, 11) is 0. The molecule has 0 bridgehead atoms. The Morgan fingerprint density at radius 3 is 2.67 bits per heavy atom. The summed E-state index contributed by atoms with van der Waals surface area (Å²) >= 11 is 2.77. The van der Waals surface area contributed by atoms with Gasteiger partial charge in [-0.3, -0.25) is 15.0 Å². The van der Waals surface area contributed by atoms with Crippen LogP contribution in [0.15, 0.2) is 53.0 Å². The Labute approximate surface area is 199 Å². The number of aryl methyl sites for hydroxylation is 1. The number of amides is 4. The summed E-state index contributed by atoms with van der Waals surface area (Å²) in [5, 5.41) is 14.5. The maximum atomic E-state index is 12.9. The smallest absolute Gasteiger partial charge is 0.322 e. The molecule has 4 rings (SSSR count). The van der Waals surface area contributed by atoms with Crippen LogP contribution < -0.4 is 10.7 Å². The average molecular weight is 485 g/mol. The molecule has 0 radical (unpaired) electrons. The van der Waals surface area contributed by atoms with Gasteiger partial charge in [-0.2, -0.15) is 5.01 Å². The lowest BCUT2D eigenvalue weighted by molar-refractivity contribution is -0.138. The van der Waals surface area contributed by atoms with E-state index < -0.39 is 23.4 Å². The summed E-state index contributed by atoms with van der Waals surface area (Å²) in [4.78, 5) is 38.8. The van der Waals surface area contributed by atoms with E-state index in [2.05, 4.69) is 20.9 Å². The number of imide groups is 1. The molecule has 172 valence electrons. The van der Waals surface area contributed by atoms with Crippen LogP contribution in [0.2, 0.25) is 0 Å². The summed E-state index contributed by atoms with van der Waals surface area (Å²) < 4.78 is 1.93. The average Bonchev–Trinajstić information content (AvgIpc) is 3.53. The number of nitrogens with zero attached hydrogens (tertiary/aromatic N) is 4. The Hall–Kier alpha value is -3.18. The number of aromatic nitrogens is 3. The van der Waals surface area contributed by atoms with Gasteiger partial charge in [-0.1, -0.05) is 48.2 Å². The van der Waals surface area contributed by atoms with Crippen LogP contribution >= 0.6 is 23.1 Å². The highest BCUT2D eigenvalue weighted by molar-refractivity contribution is 7.99. The minimum absolute atomic E-state index is 0.0135. The fourth-order valence-corrected chi connectivity index (χ4v) is 5.06. The molecule has 33 heavy (non-hydrogen) atoms. The van der Waals surface area contributed by atoms with Crippen molar-refractivity contribution in [2.45, 2.75) is 43.9 Å². The Morgan fingerprint density at radius 1 is 1.18 bits per heavy atom. The number of thiophene rings is 1. The third-order valence-electron chi connectivity index (χ3n) is 5.36. The van der Waals surface area contributed by atoms with Crippen LogP contribution in [-0.4, -0.2) is 48.9 Å². The molecule has 1 aromatic carbocycles. The molecule has 0 spiro atoms. The molecule has 1 atom stereocenters. The summed E-state index contributed by atoms with van der Waals surface area (Å²) in [5.74, 6) is -0.211. The Morgan fingerprint density at radius 2 is 1.97 bits per heavy atom. The van der Waals surface area contributed by atoms with Crippen LogP contribution in [-0.2, 0) is 22.6 Å². The largest absolute Gasteiger partial charge is 0.344 e. The predicted octanol–water partition coefficient (Wildman–Crippen LogP) is 3.09. The van der Waals surface area contributed by atoms with E-state index in [-0.39, 0.29) is 5.75 Å². The van der Waals surface area contributed by atoms with Gasteiger partial charge in [-0.25, -0.2) is 4.79 Å². The number of hydrogen-bond donors (Lipinski definition) is 2. The molecule has 1 aliphatic heterocycles. The number of urea groups is 1. The second kappa shape index (κ2) is 9.75. The molecule has 0 unspecified atom stereocenters. The number of benzene rings is 1. The first kappa shape index (κ1) is 23.0. The van der Waals surface area contributed by atoms with Crippen LogP contribution in [0.25, 0.3) is 10.7 Å². The molecule has 2 aromatic heterocycles. The van der Waals surface area contributed by atoms with Crippen LogP contribution in [0.3, 0.4) is 0 Å². The topological polar surface area (TPSA) is 109 Å². The molecule has 0 saturated carbocycles. The van der Waals surface area contributed by atoms with Gasteiger partial charge in [0.25, 0.3) is 5.91 Å². The molecule has 2 N–H and O–H groups in total. The van der Waals surface area contributed by atoms with Crippen molar-refractivity contribution < 1.29 is 14.4 Å². The van der Waals surface area contributed by atoms with Crippen molar-refractivity contribution in [1.82, 2.24) is 30.5 Å². The molecule has 0 aliphatic carbocycles. The van der Waals surface area contributed by atoms with Gasteiger partial charge in [0.15, 0.2) is 11.0 Å². The highest BCUT2D eigenvalue weighted by Crippen LogP contribution is 2.27. The highest BCUT2D eigenvalue weighted by Gasteiger charge is 2.48. The number of rotatable bonds is 9. The number of hydrazine groups is 1. The lowest BCUT2D eigenvalue weighted by Gasteiger charge is -2.21. The van der Waals surface area contributed by atoms with Crippen molar-refractivity contribution in [2.75, 3.05) is 5.75 Å². The van der Waals surface area contributed by atoms with Gasteiger partial charge >= 0.3 is 6.03 Å². The second-order valence-electron chi connectivity index (χ2n) is 7.74. The predicted molar refractivity (Wildman–Crippen MR) is 126 cm³/mol. The van der Waals surface area contributed by atoms with E-state index in [9.17, 15) is 14.4 Å². The fraction of sp³-hybridized carbons (Fsp3) is 0.318. The summed E-state index contributed by atoms with van der Waals surface area (Å²) in [6, 6.07) is 13.0. The molecule has 3 aromatic rings. The van der Waals surface area contributed by atoms with Crippen molar-refractivity contribution >= 4 is 40.9 Å². The Bertz CT molecular complexity index is 1150. The van der Waals surface area contributed by atoms with Crippen molar-refractivity contribution in [3.05, 3.63) is 53.4 Å². The minimum Gasteiger partial charge on any atom is -0.322 e. The van der Waals surface area contributed by atoms with Gasteiger partial charge in [0.2, 0.25) is 5.91 Å². The summed E-state index contributed by atoms with van der Waals surface area (Å²) in [6.45, 7) is 4.30. The minimum atomic E-state index is -1.08. The number of nitrogens with one attached hydrogen (secondary N) is 2. The van der Waals surface area contributed by atoms with E-state index in [0.29, 0.717) is 24.5 Å². The molecule has 4 amide bonds. The molecular formula is C22H24N6O3S2. The molecule has 9 nitrogen and oxygen atoms in total. The Kier molecular flexibility index (Phi) is 6.80. The summed E-state index contributed by atoms with van der Waals surface area (Å²) in [5.41, 5.74) is 2.42. The zero-order valence-electron chi connectivity index (χ0n) is 18.3. The van der Waals surface area contributed by atoms with Crippen molar-refractivity contribution in [1.29, 1.82) is 0 Å². The van der Waals surface area contributed by atoms with Gasteiger partial charge in [-0.05, 0) is 43.7 Å². The first-order valence-electron chi connectivity index (χ1n) is 10.5. The van der Waals surface area contributed by atoms with Gasteiger partial charge in [0, 0.05) is 6.54 Å². The van der Waals surface area contributed by atoms with Crippen LogP contribution in [0.5, 0.6) is 0 Å². The maximum absolute atomic E-state index is 12.9. The highest BCUT2D eigenvalue weighted by atomic mass is 32.2. The van der Waals surface area contributed by atoms with E-state index in [1.807, 2.05) is 59.3 Å². The zero-order chi connectivity index (χ0) is 23.4. The quantitative estimate of drug-likeness (QED) is 0.357. The standard InChI is InChI=1S/C22H24N6O3S2/c1-3-27-18(16-10-7-13-32-16)24-25-21(27)33-14-17(29)26-28-19(30)22(2,23-20(28)31)12-11-15-8-5-4-6-9-15/h4-10,13H,3,11-12,14H2,1-2H3,(H,23,31)(H,26,29)/t22-/m1/s1. The first-order valence-corrected chi connectivity index (χ1v) is 12.4. The van der Waals surface area contributed by atoms with E-state index >= 15 is 0 Å². The van der Waals surface area contributed by atoms with E-state index in [1.54, 1.807) is 18.3 Å². The summed E-state index contributed by atoms with van der Waals surface area (Å²) in [6.07, 6.45) is 1.05. The van der Waals surface area contributed by atoms with Crippen LogP contribution in [0, 0.1) is 0 Å². The Balaban J connectivity index is 1.35. The fourth-order valence-electron chi connectivity index (χ4n) is 3.55. The van der Waals surface area contributed by atoms with E-state index in [0.717, 1.165) is 21.3 Å².